The average Bonchev–Trinajstić information content (AvgIpc) is 2.72. The molecule has 21 heavy (non-hydrogen) atoms. The zero-order valence-electron chi connectivity index (χ0n) is 11.7. The van der Waals surface area contributed by atoms with Gasteiger partial charge in [0.1, 0.15) is 0 Å². The van der Waals surface area contributed by atoms with Crippen molar-refractivity contribution in [3.63, 3.8) is 0 Å². The Morgan fingerprint density at radius 1 is 1.33 bits per heavy atom. The van der Waals surface area contributed by atoms with Gasteiger partial charge < -0.3 is 9.47 Å². The van der Waals surface area contributed by atoms with Crippen LogP contribution in [0.4, 0.5) is 17.6 Å². The molecule has 1 aromatic heterocycles. The number of aromatic nitrogens is 1. The van der Waals surface area contributed by atoms with E-state index in [1.807, 2.05) is 0 Å². The highest BCUT2D eigenvalue weighted by atomic mass is 19.3. The van der Waals surface area contributed by atoms with Crippen molar-refractivity contribution in [3.8, 4) is 0 Å². The number of nitrogens with zero attached hydrogens (tertiary/aromatic N) is 2. The summed E-state index contributed by atoms with van der Waals surface area (Å²) in [6.45, 7) is 0.0803. The molecule has 1 saturated heterocycles. The molecule has 0 bridgehead atoms. The summed E-state index contributed by atoms with van der Waals surface area (Å²) in [5.41, 5.74) is 0.690. The summed E-state index contributed by atoms with van der Waals surface area (Å²) in [5.74, 6) is -6.40. The fourth-order valence-electron chi connectivity index (χ4n) is 2.76. The van der Waals surface area contributed by atoms with Crippen LogP contribution in [0.3, 0.4) is 0 Å². The largest absolute Gasteiger partial charge is 0.383 e. The number of likely N-dealkylation sites (tertiary alicyclic amines) is 1. The normalized spacial score (nSPS) is 20.7. The first-order chi connectivity index (χ1) is 9.85. The van der Waals surface area contributed by atoms with Crippen molar-refractivity contribution in [1.82, 2.24) is 9.47 Å². The predicted molar refractivity (Wildman–Crippen MR) is 69.3 cm³/mol. The van der Waals surface area contributed by atoms with Crippen LogP contribution in [0, 0.1) is 0 Å². The van der Waals surface area contributed by atoms with Gasteiger partial charge in [-0.3, -0.25) is 4.79 Å². The van der Waals surface area contributed by atoms with Gasteiger partial charge in [0.05, 0.1) is 6.04 Å². The maximum atomic E-state index is 13.4. The molecule has 2 rings (SSSR count). The molecule has 0 aromatic carbocycles. The van der Waals surface area contributed by atoms with Gasteiger partial charge in [-0.2, -0.15) is 8.78 Å². The van der Waals surface area contributed by atoms with E-state index in [9.17, 15) is 22.4 Å². The van der Waals surface area contributed by atoms with Gasteiger partial charge in [0.2, 0.25) is 0 Å². The molecule has 1 atom stereocenters. The minimum atomic E-state index is -4.63. The van der Waals surface area contributed by atoms with E-state index in [0.29, 0.717) is 18.5 Å². The number of aryl methyl sites for hydroxylation is 1. The molecule has 0 aliphatic carbocycles. The number of carbonyl (C=O) groups is 1. The lowest BCUT2D eigenvalue weighted by Gasteiger charge is -2.33. The van der Waals surface area contributed by atoms with E-state index in [4.69, 9.17) is 0 Å². The summed E-state index contributed by atoms with van der Waals surface area (Å²) in [4.78, 5) is 12.8. The Kier molecular flexibility index (Phi) is 4.58. The van der Waals surface area contributed by atoms with Gasteiger partial charge in [-0.15, -0.1) is 0 Å². The van der Waals surface area contributed by atoms with Crippen LogP contribution < -0.4 is 0 Å². The summed E-state index contributed by atoms with van der Waals surface area (Å²) in [6, 6.07) is 2.90. The topological polar surface area (TPSA) is 25.2 Å². The molecule has 1 unspecified atom stereocenters. The summed E-state index contributed by atoms with van der Waals surface area (Å²) in [5, 5.41) is 0. The van der Waals surface area contributed by atoms with Crippen LogP contribution in [0.15, 0.2) is 18.3 Å². The first-order valence-corrected chi connectivity index (χ1v) is 6.94. The lowest BCUT2D eigenvalue weighted by molar-refractivity contribution is -0.183. The number of hydrogen-bond acceptors (Lipinski definition) is 1. The van der Waals surface area contributed by atoms with Crippen LogP contribution >= 0.6 is 0 Å². The molecule has 7 heteroatoms. The molecule has 1 fully saturated rings. The van der Waals surface area contributed by atoms with Crippen LogP contribution in [-0.2, 0) is 11.8 Å². The molecule has 0 N–H and O–H groups in total. The molecule has 0 spiro atoms. The van der Waals surface area contributed by atoms with E-state index < -0.39 is 24.3 Å². The summed E-state index contributed by atoms with van der Waals surface area (Å²) >= 11 is 0. The van der Waals surface area contributed by atoms with Gasteiger partial charge >= 0.3 is 12.3 Å². The lowest BCUT2D eigenvalue weighted by Crippen LogP contribution is -2.49. The Morgan fingerprint density at radius 3 is 2.62 bits per heavy atom. The number of halogens is 4. The van der Waals surface area contributed by atoms with Crippen molar-refractivity contribution in [3.05, 3.63) is 24.0 Å². The van der Waals surface area contributed by atoms with Crippen LogP contribution in [0.1, 0.15) is 37.4 Å². The van der Waals surface area contributed by atoms with Crippen molar-refractivity contribution < 1.29 is 22.4 Å². The molecule has 1 aliphatic heterocycles. The Bertz CT molecular complexity index is 501. The molecular weight excluding hydrogens is 288 g/mol. The standard InChI is InChI=1S/C14H18F4N2O/c1-19-8-5-7-10(19)11-6-3-2-4-9-20(11)13(21)14(17,18)12(15)16/h5,7-8,11-12H,2-4,6,9H2,1H3. The van der Waals surface area contributed by atoms with E-state index in [1.54, 1.807) is 29.9 Å². The highest BCUT2D eigenvalue weighted by molar-refractivity contribution is 5.84. The molecule has 1 amide bonds. The van der Waals surface area contributed by atoms with Crippen molar-refractivity contribution in [1.29, 1.82) is 0 Å². The van der Waals surface area contributed by atoms with Crippen molar-refractivity contribution in [2.45, 2.75) is 44.1 Å². The fraction of sp³-hybridized carbons (Fsp3) is 0.643. The third-order valence-electron chi connectivity index (χ3n) is 3.90. The third kappa shape index (κ3) is 3.06. The minimum Gasteiger partial charge on any atom is -0.353 e. The van der Waals surface area contributed by atoms with Gasteiger partial charge in [-0.1, -0.05) is 12.8 Å². The fourth-order valence-corrected chi connectivity index (χ4v) is 2.76. The molecule has 3 nitrogen and oxygen atoms in total. The molecule has 0 radical (unpaired) electrons. The molecular formula is C14H18F4N2O. The summed E-state index contributed by atoms with van der Waals surface area (Å²) in [6.07, 6.45) is 0.385. The van der Waals surface area contributed by atoms with Gasteiger partial charge in [-0.05, 0) is 25.0 Å². The second-order valence-electron chi connectivity index (χ2n) is 5.33. The number of carbonyl (C=O) groups excluding carboxylic acids is 1. The number of alkyl halides is 4. The van der Waals surface area contributed by atoms with Gasteiger partial charge in [-0.25, -0.2) is 8.78 Å². The van der Waals surface area contributed by atoms with Gasteiger partial charge in [0.25, 0.3) is 5.91 Å². The maximum absolute atomic E-state index is 13.4. The summed E-state index contributed by atoms with van der Waals surface area (Å²) in [7, 11) is 1.74. The van der Waals surface area contributed by atoms with E-state index in [0.717, 1.165) is 17.7 Å². The van der Waals surface area contributed by atoms with Gasteiger partial charge in [0, 0.05) is 25.5 Å². The van der Waals surface area contributed by atoms with E-state index in [-0.39, 0.29) is 6.54 Å². The summed E-state index contributed by atoms with van der Waals surface area (Å²) < 4.78 is 53.5. The van der Waals surface area contributed by atoms with Crippen LogP contribution in [0.5, 0.6) is 0 Å². The van der Waals surface area contributed by atoms with Crippen LogP contribution in [0.2, 0.25) is 0 Å². The Morgan fingerprint density at radius 2 is 2.05 bits per heavy atom. The minimum absolute atomic E-state index is 0.0803. The molecule has 118 valence electrons. The second kappa shape index (κ2) is 6.07. The monoisotopic (exact) mass is 306 g/mol. The lowest BCUT2D eigenvalue weighted by atomic mass is 10.1. The molecule has 2 heterocycles. The number of amides is 1. The Hall–Kier alpha value is -1.53. The first-order valence-electron chi connectivity index (χ1n) is 6.94. The second-order valence-corrected chi connectivity index (χ2v) is 5.33. The SMILES string of the molecule is Cn1cccc1C1CCCCCN1C(=O)C(F)(F)C(F)F. The van der Waals surface area contributed by atoms with E-state index >= 15 is 0 Å². The maximum Gasteiger partial charge on any atom is 0.383 e. The zero-order valence-corrected chi connectivity index (χ0v) is 11.7. The smallest absolute Gasteiger partial charge is 0.353 e. The molecule has 1 aromatic rings. The first kappa shape index (κ1) is 15.9. The number of rotatable bonds is 3. The third-order valence-corrected chi connectivity index (χ3v) is 3.90. The molecule has 1 aliphatic rings. The van der Waals surface area contributed by atoms with E-state index in [2.05, 4.69) is 0 Å². The Labute approximate surface area is 120 Å². The molecule has 0 saturated carbocycles. The van der Waals surface area contributed by atoms with Crippen LogP contribution in [-0.4, -0.2) is 34.3 Å². The van der Waals surface area contributed by atoms with Crippen molar-refractivity contribution >= 4 is 5.91 Å². The van der Waals surface area contributed by atoms with Crippen molar-refractivity contribution in [2.24, 2.45) is 7.05 Å². The van der Waals surface area contributed by atoms with Crippen LogP contribution in [0.25, 0.3) is 0 Å². The average molecular weight is 306 g/mol. The highest BCUT2D eigenvalue weighted by Gasteiger charge is 2.52. The number of hydrogen-bond donors (Lipinski definition) is 0. The quantitative estimate of drug-likeness (QED) is 0.786. The van der Waals surface area contributed by atoms with Gasteiger partial charge in [0.15, 0.2) is 0 Å². The Balaban J connectivity index is 2.33. The van der Waals surface area contributed by atoms with E-state index in [1.165, 1.54) is 0 Å². The zero-order chi connectivity index (χ0) is 15.6. The highest BCUT2D eigenvalue weighted by Crippen LogP contribution is 2.35. The predicted octanol–water partition coefficient (Wildman–Crippen LogP) is 3.37. The van der Waals surface area contributed by atoms with Crippen molar-refractivity contribution in [2.75, 3.05) is 6.54 Å².